The van der Waals surface area contributed by atoms with Gasteiger partial charge in [-0.25, -0.2) is 0 Å². The van der Waals surface area contributed by atoms with E-state index in [1.54, 1.807) is 0 Å². The average molecular weight is 291 g/mol. The van der Waals surface area contributed by atoms with Crippen molar-refractivity contribution in [3.05, 3.63) is 0 Å². The molecular weight excluding hydrogens is 262 g/mol. The Hall–Kier alpha value is -0.240. The highest BCUT2D eigenvalue weighted by Crippen LogP contribution is 2.19. The third-order valence-electron chi connectivity index (χ3n) is 2.95. The van der Waals surface area contributed by atoms with Gasteiger partial charge in [0.1, 0.15) is 5.72 Å². The minimum atomic E-state index is -0.506. The molecule has 1 aliphatic rings. The predicted octanol–water partition coefficient (Wildman–Crippen LogP) is 1.44. The van der Waals surface area contributed by atoms with Crippen LogP contribution in [0.3, 0.4) is 0 Å². The number of hydrogen-bond acceptors (Lipinski definition) is 6. The molecule has 0 aliphatic carbocycles. The highest BCUT2D eigenvalue weighted by Gasteiger charge is 2.29. The van der Waals surface area contributed by atoms with Crippen molar-refractivity contribution in [2.24, 2.45) is 0 Å². The summed E-state index contributed by atoms with van der Waals surface area (Å²) in [5.41, 5.74) is -0.506. The van der Waals surface area contributed by atoms with Crippen molar-refractivity contribution in [2.45, 2.75) is 39.5 Å². The maximum Gasteiger partial charge on any atom is 0.138 e. The van der Waals surface area contributed by atoms with Crippen LogP contribution >= 0.6 is 0 Å². The molecule has 0 saturated carbocycles. The topological polar surface area (TPSA) is 49.4 Å². The second-order valence-electron chi connectivity index (χ2n) is 5.20. The third-order valence-corrected chi connectivity index (χ3v) is 2.95. The minimum absolute atomic E-state index is 0.0102. The number of rotatable bonds is 1. The Labute approximate surface area is 122 Å². The van der Waals surface area contributed by atoms with Gasteiger partial charge in [-0.2, -0.15) is 5.06 Å². The Morgan fingerprint density at radius 3 is 2.10 bits per heavy atom. The molecule has 1 atom stereocenters. The van der Waals surface area contributed by atoms with Crippen LogP contribution in [-0.4, -0.2) is 69.7 Å². The van der Waals surface area contributed by atoms with E-state index in [0.29, 0.717) is 46.2 Å². The highest BCUT2D eigenvalue weighted by atomic mass is 16.7. The summed E-state index contributed by atoms with van der Waals surface area (Å²) in [4.78, 5) is 5.73. The molecular formula is C14H29NO5. The maximum atomic E-state index is 6.01. The second-order valence-corrected chi connectivity index (χ2v) is 5.20. The Balaban J connectivity index is 2.52. The first kappa shape index (κ1) is 17.8. The normalized spacial score (nSPS) is 28.5. The fraction of sp³-hybridized carbons (Fsp3) is 1.00. The summed E-state index contributed by atoms with van der Waals surface area (Å²) in [6.07, 6.45) is -0.0102. The Kier molecular flexibility index (Phi) is 8.60. The highest BCUT2D eigenvalue weighted by molar-refractivity contribution is 4.66. The molecule has 1 rings (SSSR count). The predicted molar refractivity (Wildman–Crippen MR) is 75.4 cm³/mol. The largest absolute Gasteiger partial charge is 0.377 e. The lowest BCUT2D eigenvalue weighted by molar-refractivity contribution is -0.309. The lowest BCUT2D eigenvalue weighted by Gasteiger charge is -2.38. The van der Waals surface area contributed by atoms with Crippen molar-refractivity contribution in [1.82, 2.24) is 5.06 Å². The van der Waals surface area contributed by atoms with Crippen LogP contribution < -0.4 is 0 Å². The first-order valence-electron chi connectivity index (χ1n) is 7.38. The van der Waals surface area contributed by atoms with Gasteiger partial charge in [-0.15, -0.1) is 0 Å². The van der Waals surface area contributed by atoms with E-state index >= 15 is 0 Å². The summed E-state index contributed by atoms with van der Waals surface area (Å²) in [7, 11) is 0. The van der Waals surface area contributed by atoms with Gasteiger partial charge < -0.3 is 18.9 Å². The standard InChI is InChI=1S/C14H29NO5/c1-5-15-14(3,4)20-13(2)12-18-9-8-16-6-7-17-10-11-19-15/h13H,5-12H2,1-4H3. The van der Waals surface area contributed by atoms with Crippen LogP contribution in [0.5, 0.6) is 0 Å². The van der Waals surface area contributed by atoms with Crippen molar-refractivity contribution in [2.75, 3.05) is 52.8 Å². The van der Waals surface area contributed by atoms with Crippen LogP contribution in [0.2, 0.25) is 0 Å². The van der Waals surface area contributed by atoms with Crippen LogP contribution in [0, 0.1) is 0 Å². The van der Waals surface area contributed by atoms with E-state index in [0.717, 1.165) is 6.54 Å². The molecule has 1 fully saturated rings. The molecule has 0 bridgehead atoms. The second kappa shape index (κ2) is 9.65. The van der Waals surface area contributed by atoms with E-state index in [-0.39, 0.29) is 6.10 Å². The molecule has 0 aromatic carbocycles. The van der Waals surface area contributed by atoms with E-state index in [9.17, 15) is 0 Å². The quantitative estimate of drug-likeness (QED) is 0.729. The molecule has 6 heteroatoms. The van der Waals surface area contributed by atoms with Crippen molar-refractivity contribution < 1.29 is 23.8 Å². The van der Waals surface area contributed by atoms with Crippen LogP contribution in [0.4, 0.5) is 0 Å². The molecule has 1 aliphatic heterocycles. The molecule has 6 nitrogen and oxygen atoms in total. The van der Waals surface area contributed by atoms with E-state index in [2.05, 4.69) is 0 Å². The minimum Gasteiger partial charge on any atom is -0.377 e. The number of hydrogen-bond donors (Lipinski definition) is 0. The van der Waals surface area contributed by atoms with Gasteiger partial charge in [0.2, 0.25) is 0 Å². The number of nitrogens with zero attached hydrogens (tertiary/aromatic N) is 1. The Morgan fingerprint density at radius 1 is 0.950 bits per heavy atom. The molecule has 0 spiro atoms. The zero-order valence-corrected chi connectivity index (χ0v) is 13.2. The summed E-state index contributed by atoms with van der Waals surface area (Å²) in [5.74, 6) is 0. The zero-order chi connectivity index (χ0) is 14.8. The first-order chi connectivity index (χ1) is 9.56. The first-order valence-corrected chi connectivity index (χ1v) is 7.38. The van der Waals surface area contributed by atoms with Gasteiger partial charge in [-0.3, -0.25) is 4.84 Å². The molecule has 0 aromatic heterocycles. The van der Waals surface area contributed by atoms with Gasteiger partial charge in [-0.1, -0.05) is 0 Å². The van der Waals surface area contributed by atoms with Crippen molar-refractivity contribution in [3.8, 4) is 0 Å². The Morgan fingerprint density at radius 2 is 1.50 bits per heavy atom. The average Bonchev–Trinajstić information content (AvgIpc) is 2.38. The molecule has 20 heavy (non-hydrogen) atoms. The molecule has 0 radical (unpaired) electrons. The summed E-state index contributed by atoms with van der Waals surface area (Å²) < 4.78 is 22.4. The van der Waals surface area contributed by atoms with Crippen molar-refractivity contribution >= 4 is 0 Å². The summed E-state index contributed by atoms with van der Waals surface area (Å²) in [6.45, 7) is 12.7. The van der Waals surface area contributed by atoms with Gasteiger partial charge in [0.25, 0.3) is 0 Å². The molecule has 1 heterocycles. The van der Waals surface area contributed by atoms with Crippen molar-refractivity contribution in [3.63, 3.8) is 0 Å². The Bertz CT molecular complexity index is 250. The summed E-state index contributed by atoms with van der Waals surface area (Å²) in [5, 5.41) is 1.84. The number of ether oxygens (including phenoxy) is 4. The zero-order valence-electron chi connectivity index (χ0n) is 13.2. The van der Waals surface area contributed by atoms with Gasteiger partial charge >= 0.3 is 0 Å². The van der Waals surface area contributed by atoms with Crippen LogP contribution in [0.15, 0.2) is 0 Å². The fourth-order valence-corrected chi connectivity index (χ4v) is 2.11. The van der Waals surface area contributed by atoms with Gasteiger partial charge in [0.15, 0.2) is 0 Å². The molecule has 0 aromatic rings. The molecule has 0 amide bonds. The van der Waals surface area contributed by atoms with Gasteiger partial charge in [-0.05, 0) is 27.7 Å². The van der Waals surface area contributed by atoms with Crippen LogP contribution in [-0.2, 0) is 23.8 Å². The SMILES string of the molecule is CCN1OCCOCCOCCOCC(C)OC1(C)C. The van der Waals surface area contributed by atoms with Crippen LogP contribution in [0.25, 0.3) is 0 Å². The summed E-state index contributed by atoms with van der Waals surface area (Å²) in [6, 6.07) is 0. The lowest BCUT2D eigenvalue weighted by Crippen LogP contribution is -2.48. The van der Waals surface area contributed by atoms with Crippen LogP contribution in [0.1, 0.15) is 27.7 Å². The van der Waals surface area contributed by atoms with Gasteiger partial charge in [0, 0.05) is 6.54 Å². The van der Waals surface area contributed by atoms with Crippen molar-refractivity contribution in [1.29, 1.82) is 0 Å². The molecule has 0 N–H and O–H groups in total. The lowest BCUT2D eigenvalue weighted by atomic mass is 10.3. The van der Waals surface area contributed by atoms with E-state index in [1.165, 1.54) is 0 Å². The smallest absolute Gasteiger partial charge is 0.138 e. The molecule has 1 saturated heterocycles. The maximum absolute atomic E-state index is 6.01. The fourth-order valence-electron chi connectivity index (χ4n) is 2.11. The summed E-state index contributed by atoms with van der Waals surface area (Å²) >= 11 is 0. The molecule has 1 unspecified atom stereocenters. The van der Waals surface area contributed by atoms with E-state index < -0.39 is 5.72 Å². The monoisotopic (exact) mass is 291 g/mol. The number of hydroxylamine groups is 2. The van der Waals surface area contributed by atoms with E-state index in [1.807, 2.05) is 32.8 Å². The third kappa shape index (κ3) is 6.97. The molecule has 120 valence electrons. The van der Waals surface area contributed by atoms with E-state index in [4.69, 9.17) is 23.8 Å². The van der Waals surface area contributed by atoms with Gasteiger partial charge in [0.05, 0.1) is 52.4 Å².